The molecule has 0 fully saturated rings. The van der Waals surface area contributed by atoms with Crippen LogP contribution in [0.15, 0.2) is 22.6 Å². The van der Waals surface area contributed by atoms with Crippen molar-refractivity contribution < 1.29 is 9.53 Å². The van der Waals surface area contributed by atoms with Gasteiger partial charge in [0.15, 0.2) is 0 Å². The minimum absolute atomic E-state index is 0.215. The Bertz CT molecular complexity index is 423. The van der Waals surface area contributed by atoms with Gasteiger partial charge in [0, 0.05) is 11.0 Å². The van der Waals surface area contributed by atoms with Crippen LogP contribution in [0.1, 0.15) is 66.7 Å². The number of carbonyl (C=O) groups is 1. The van der Waals surface area contributed by atoms with E-state index < -0.39 is 0 Å². The highest BCUT2D eigenvalue weighted by Gasteiger charge is 2.15. The number of carbonyl (C=O) groups excluding carboxylic acids is 1. The van der Waals surface area contributed by atoms with E-state index >= 15 is 0 Å². The van der Waals surface area contributed by atoms with E-state index in [0.29, 0.717) is 12.5 Å². The van der Waals surface area contributed by atoms with Gasteiger partial charge in [-0.15, -0.1) is 11.8 Å². The zero-order valence-electron chi connectivity index (χ0n) is 15.6. The van der Waals surface area contributed by atoms with Gasteiger partial charge >= 0.3 is 5.97 Å². The van der Waals surface area contributed by atoms with Crippen LogP contribution in [0.4, 0.5) is 0 Å². The molecule has 0 aromatic rings. The van der Waals surface area contributed by atoms with Gasteiger partial charge in [0.25, 0.3) is 0 Å². The summed E-state index contributed by atoms with van der Waals surface area (Å²) in [5.41, 5.74) is 1.50. The predicted molar refractivity (Wildman–Crippen MR) is 102 cm³/mol. The largest absolute Gasteiger partial charge is 0.463 e. The van der Waals surface area contributed by atoms with Crippen molar-refractivity contribution >= 4 is 17.7 Å². The molecule has 0 N–H and O–H groups in total. The summed E-state index contributed by atoms with van der Waals surface area (Å²) in [4.78, 5) is 12.8. The Morgan fingerprint density at radius 1 is 1.30 bits per heavy atom. The summed E-state index contributed by atoms with van der Waals surface area (Å²) in [5, 5.41) is 0. The topological polar surface area (TPSA) is 26.3 Å². The molecular formula is C20H34O2S. The summed E-state index contributed by atoms with van der Waals surface area (Å²) in [6, 6.07) is 0. The van der Waals surface area contributed by atoms with Crippen LogP contribution in [-0.2, 0) is 9.53 Å². The molecule has 23 heavy (non-hydrogen) atoms. The van der Waals surface area contributed by atoms with Crippen molar-refractivity contribution in [1.29, 1.82) is 0 Å². The summed E-state index contributed by atoms with van der Waals surface area (Å²) < 4.78 is 5.05. The molecule has 1 heterocycles. The molecule has 0 aliphatic carbocycles. The standard InChI is InChI=1S/C20H34O2S/c1-6-22-20(21)14-19-13-18(9-7-8-10-23-19)12-16(4)11-17(5)15(2)3/h13-17H,6-12H2,1-5H3. The van der Waals surface area contributed by atoms with Crippen LogP contribution >= 0.6 is 11.8 Å². The van der Waals surface area contributed by atoms with Crippen LogP contribution in [-0.4, -0.2) is 18.3 Å². The van der Waals surface area contributed by atoms with Gasteiger partial charge in [-0.1, -0.05) is 33.3 Å². The maximum absolute atomic E-state index is 11.7. The van der Waals surface area contributed by atoms with Crippen molar-refractivity contribution in [3.8, 4) is 0 Å². The van der Waals surface area contributed by atoms with Crippen molar-refractivity contribution in [3.63, 3.8) is 0 Å². The summed E-state index contributed by atoms with van der Waals surface area (Å²) in [6.45, 7) is 11.6. The molecule has 1 aliphatic heterocycles. The van der Waals surface area contributed by atoms with Crippen molar-refractivity contribution in [2.75, 3.05) is 12.4 Å². The zero-order valence-corrected chi connectivity index (χ0v) is 16.4. The second kappa shape index (κ2) is 11.0. The normalized spacial score (nSPS) is 20.6. The second-order valence-corrected chi connectivity index (χ2v) is 8.34. The Morgan fingerprint density at radius 3 is 2.70 bits per heavy atom. The summed E-state index contributed by atoms with van der Waals surface area (Å²) >= 11 is 1.79. The Morgan fingerprint density at radius 2 is 2.04 bits per heavy atom. The van der Waals surface area contributed by atoms with Gasteiger partial charge in [0.2, 0.25) is 0 Å². The van der Waals surface area contributed by atoms with Crippen LogP contribution in [0.2, 0.25) is 0 Å². The average Bonchev–Trinajstić information content (AvgIpc) is 2.43. The van der Waals surface area contributed by atoms with E-state index in [0.717, 1.165) is 28.9 Å². The average molecular weight is 339 g/mol. The number of ether oxygens (including phenoxy) is 1. The van der Waals surface area contributed by atoms with Crippen molar-refractivity contribution in [2.45, 2.75) is 66.7 Å². The second-order valence-electron chi connectivity index (χ2n) is 7.17. The molecule has 0 saturated carbocycles. The van der Waals surface area contributed by atoms with E-state index in [1.807, 2.05) is 6.92 Å². The number of hydrogen-bond acceptors (Lipinski definition) is 3. The number of thioether (sulfide) groups is 1. The molecule has 0 bridgehead atoms. The van der Waals surface area contributed by atoms with E-state index in [-0.39, 0.29) is 5.97 Å². The molecule has 0 radical (unpaired) electrons. The van der Waals surface area contributed by atoms with Gasteiger partial charge in [-0.3, -0.25) is 0 Å². The zero-order chi connectivity index (χ0) is 17.2. The predicted octanol–water partition coefficient (Wildman–Crippen LogP) is 5.99. The van der Waals surface area contributed by atoms with Gasteiger partial charge in [0.1, 0.15) is 0 Å². The van der Waals surface area contributed by atoms with Gasteiger partial charge in [-0.2, -0.15) is 0 Å². The lowest BCUT2D eigenvalue weighted by Gasteiger charge is -2.22. The molecule has 1 rings (SSSR count). The van der Waals surface area contributed by atoms with Gasteiger partial charge < -0.3 is 4.74 Å². The van der Waals surface area contributed by atoms with Gasteiger partial charge in [-0.05, 0) is 68.6 Å². The maximum Gasteiger partial charge on any atom is 0.331 e. The fourth-order valence-electron chi connectivity index (χ4n) is 2.94. The summed E-state index contributed by atoms with van der Waals surface area (Å²) in [5.74, 6) is 3.09. The SMILES string of the molecule is CCOC(=O)C=C1C=C(CC(C)CC(C)C(C)C)CCCCS1. The molecule has 3 heteroatoms. The Kier molecular flexibility index (Phi) is 9.69. The van der Waals surface area contributed by atoms with Crippen molar-refractivity contribution in [2.24, 2.45) is 17.8 Å². The van der Waals surface area contributed by atoms with E-state index in [4.69, 9.17) is 4.74 Å². The molecule has 2 atom stereocenters. The highest BCUT2D eigenvalue weighted by molar-refractivity contribution is 8.03. The fraction of sp³-hybridized carbons (Fsp3) is 0.750. The molecule has 0 aromatic carbocycles. The maximum atomic E-state index is 11.7. The van der Waals surface area contributed by atoms with Crippen LogP contribution in [0.5, 0.6) is 0 Å². The van der Waals surface area contributed by atoms with Crippen LogP contribution in [0, 0.1) is 17.8 Å². The number of hydrogen-bond donors (Lipinski definition) is 0. The fourth-order valence-corrected chi connectivity index (χ4v) is 3.96. The van der Waals surface area contributed by atoms with E-state index in [1.165, 1.54) is 31.3 Å². The first-order valence-electron chi connectivity index (χ1n) is 9.13. The monoisotopic (exact) mass is 338 g/mol. The van der Waals surface area contributed by atoms with E-state index in [1.54, 1.807) is 17.8 Å². The first-order chi connectivity index (χ1) is 10.9. The molecule has 1 aliphatic rings. The van der Waals surface area contributed by atoms with Crippen molar-refractivity contribution in [3.05, 3.63) is 22.6 Å². The molecule has 0 aromatic heterocycles. The Balaban J connectivity index is 2.73. The number of allylic oxidation sites excluding steroid dienone is 2. The summed E-state index contributed by atoms with van der Waals surface area (Å²) in [7, 11) is 0. The molecule has 0 spiro atoms. The van der Waals surface area contributed by atoms with Gasteiger partial charge in [-0.25, -0.2) is 4.79 Å². The lowest BCUT2D eigenvalue weighted by Crippen LogP contribution is -2.10. The lowest BCUT2D eigenvalue weighted by molar-refractivity contribution is -0.137. The van der Waals surface area contributed by atoms with Crippen molar-refractivity contribution in [1.82, 2.24) is 0 Å². The van der Waals surface area contributed by atoms with Gasteiger partial charge in [0.05, 0.1) is 6.61 Å². The highest BCUT2D eigenvalue weighted by Crippen LogP contribution is 2.31. The third kappa shape index (κ3) is 8.64. The number of rotatable bonds is 7. The van der Waals surface area contributed by atoms with Crippen LogP contribution < -0.4 is 0 Å². The van der Waals surface area contributed by atoms with E-state index in [2.05, 4.69) is 33.8 Å². The Labute approximate surface area is 147 Å². The quantitative estimate of drug-likeness (QED) is 0.421. The molecule has 0 saturated heterocycles. The third-order valence-electron chi connectivity index (χ3n) is 4.58. The molecule has 2 unspecified atom stereocenters. The smallest absolute Gasteiger partial charge is 0.331 e. The van der Waals surface area contributed by atoms with Crippen LogP contribution in [0.3, 0.4) is 0 Å². The molecule has 2 nitrogen and oxygen atoms in total. The first-order valence-corrected chi connectivity index (χ1v) is 10.1. The Hall–Kier alpha value is -0.700. The molecule has 0 amide bonds. The molecule has 132 valence electrons. The highest BCUT2D eigenvalue weighted by atomic mass is 32.2. The third-order valence-corrected chi connectivity index (χ3v) is 5.64. The molecular weight excluding hydrogens is 304 g/mol. The van der Waals surface area contributed by atoms with E-state index in [9.17, 15) is 4.79 Å². The van der Waals surface area contributed by atoms with Crippen LogP contribution in [0.25, 0.3) is 0 Å². The minimum Gasteiger partial charge on any atom is -0.463 e. The lowest BCUT2D eigenvalue weighted by atomic mass is 9.85. The first kappa shape index (κ1) is 20.3. The summed E-state index contributed by atoms with van der Waals surface area (Å²) in [6.07, 6.45) is 9.99. The number of esters is 1. The minimum atomic E-state index is -0.215.